The van der Waals surface area contributed by atoms with Crippen molar-refractivity contribution in [2.75, 3.05) is 18.6 Å². The first-order valence-corrected chi connectivity index (χ1v) is 6.25. The molecule has 2 N–H and O–H groups in total. The summed E-state index contributed by atoms with van der Waals surface area (Å²) in [4.78, 5) is 18.4. The van der Waals surface area contributed by atoms with Crippen molar-refractivity contribution in [1.29, 1.82) is 0 Å². The molecule has 0 aliphatic carbocycles. The highest BCUT2D eigenvalue weighted by molar-refractivity contribution is 7.90. The summed E-state index contributed by atoms with van der Waals surface area (Å²) in [6, 6.07) is 0. The lowest BCUT2D eigenvalue weighted by Crippen LogP contribution is -2.14. The summed E-state index contributed by atoms with van der Waals surface area (Å²) in [5.74, 6) is -0.771. The van der Waals surface area contributed by atoms with Gasteiger partial charge in [-0.1, -0.05) is 0 Å². The Morgan fingerprint density at radius 3 is 2.69 bits per heavy atom. The zero-order valence-electron chi connectivity index (χ0n) is 8.80. The summed E-state index contributed by atoms with van der Waals surface area (Å²) in [5.41, 5.74) is 5.18. The van der Waals surface area contributed by atoms with E-state index in [1.165, 1.54) is 0 Å². The second kappa shape index (κ2) is 4.44. The van der Waals surface area contributed by atoms with Crippen LogP contribution < -0.4 is 5.73 Å². The van der Waals surface area contributed by atoms with E-state index in [1.54, 1.807) is 6.92 Å². The summed E-state index contributed by atoms with van der Waals surface area (Å²) in [5, 5.41) is -0.454. The normalized spacial score (nSPS) is 11.1. The number of hydrogen-bond donors (Lipinski definition) is 1. The smallest absolute Gasteiger partial charge is 0.359 e. The van der Waals surface area contributed by atoms with Crippen LogP contribution in [0.25, 0.3) is 0 Å². The van der Waals surface area contributed by atoms with Gasteiger partial charge in [-0.2, -0.15) is 0 Å². The molecule has 7 nitrogen and oxygen atoms in total. The Labute approximate surface area is 92.6 Å². The van der Waals surface area contributed by atoms with Crippen molar-refractivity contribution in [1.82, 2.24) is 9.97 Å². The number of nitrogens with zero attached hydrogens (tertiary/aromatic N) is 2. The Bertz CT molecular complexity index is 512. The first-order chi connectivity index (χ1) is 7.36. The lowest BCUT2D eigenvalue weighted by molar-refractivity contribution is 0.0519. The van der Waals surface area contributed by atoms with Crippen LogP contribution in [-0.2, 0) is 14.6 Å². The van der Waals surface area contributed by atoms with E-state index in [1.807, 2.05) is 0 Å². The molecule has 0 aliphatic rings. The molecule has 1 aromatic rings. The fourth-order valence-electron chi connectivity index (χ4n) is 0.917. The number of carbonyl (C=O) groups excluding carboxylic acids is 1. The zero-order valence-corrected chi connectivity index (χ0v) is 9.61. The number of sulfone groups is 1. The van der Waals surface area contributed by atoms with Crippen molar-refractivity contribution in [2.45, 2.75) is 12.1 Å². The lowest BCUT2D eigenvalue weighted by atomic mass is 10.3. The average molecular weight is 245 g/mol. The fraction of sp³-hybridized carbons (Fsp3) is 0.375. The van der Waals surface area contributed by atoms with Crippen LogP contribution in [0.3, 0.4) is 0 Å². The van der Waals surface area contributed by atoms with Gasteiger partial charge in [0.25, 0.3) is 0 Å². The van der Waals surface area contributed by atoms with Crippen LogP contribution in [0.5, 0.6) is 0 Å². The molecule has 0 amide bonds. The molecule has 8 heteroatoms. The van der Waals surface area contributed by atoms with Crippen molar-refractivity contribution in [3.63, 3.8) is 0 Å². The van der Waals surface area contributed by atoms with Gasteiger partial charge in [-0.25, -0.2) is 23.2 Å². The molecule has 0 bridgehead atoms. The molecular weight excluding hydrogens is 234 g/mol. The van der Waals surface area contributed by atoms with Crippen LogP contribution >= 0.6 is 0 Å². The predicted octanol–water partition coefficient (Wildman–Crippen LogP) is -0.361. The zero-order chi connectivity index (χ0) is 12.3. The minimum atomic E-state index is -3.58. The maximum absolute atomic E-state index is 11.4. The Hall–Kier alpha value is -1.70. The molecule has 16 heavy (non-hydrogen) atoms. The maximum Gasteiger partial charge on any atom is 0.359 e. The summed E-state index contributed by atoms with van der Waals surface area (Å²) in [7, 11) is -3.58. The van der Waals surface area contributed by atoms with Gasteiger partial charge in [0, 0.05) is 6.26 Å². The number of hydrogen-bond acceptors (Lipinski definition) is 7. The number of ether oxygens (including phenoxy) is 1. The van der Waals surface area contributed by atoms with E-state index < -0.39 is 21.0 Å². The minimum Gasteiger partial charge on any atom is -0.461 e. The van der Waals surface area contributed by atoms with E-state index >= 15 is 0 Å². The summed E-state index contributed by atoms with van der Waals surface area (Å²) < 4.78 is 27.0. The van der Waals surface area contributed by atoms with Crippen LogP contribution in [0.15, 0.2) is 11.4 Å². The molecule has 0 spiro atoms. The number of nitrogens with two attached hydrogens (primary N) is 1. The van der Waals surface area contributed by atoms with Gasteiger partial charge < -0.3 is 10.5 Å². The topological polar surface area (TPSA) is 112 Å². The molecule has 88 valence electrons. The third-order valence-electron chi connectivity index (χ3n) is 1.60. The van der Waals surface area contributed by atoms with Gasteiger partial charge in [0.15, 0.2) is 5.69 Å². The second-order valence-corrected chi connectivity index (χ2v) is 4.86. The number of rotatable bonds is 3. The van der Waals surface area contributed by atoms with Crippen LogP contribution in [0, 0.1) is 0 Å². The molecule has 0 aliphatic heterocycles. The average Bonchev–Trinajstić information content (AvgIpc) is 2.16. The monoisotopic (exact) mass is 245 g/mol. The van der Waals surface area contributed by atoms with Gasteiger partial charge in [0.2, 0.25) is 15.0 Å². The molecule has 0 aromatic carbocycles. The summed E-state index contributed by atoms with van der Waals surface area (Å²) >= 11 is 0. The Kier molecular flexibility index (Phi) is 3.43. The van der Waals surface area contributed by atoms with Crippen molar-refractivity contribution >= 4 is 21.5 Å². The highest BCUT2D eigenvalue weighted by Gasteiger charge is 2.18. The van der Waals surface area contributed by atoms with E-state index in [0.717, 1.165) is 12.5 Å². The highest BCUT2D eigenvalue weighted by atomic mass is 32.2. The number of aromatic nitrogens is 2. The van der Waals surface area contributed by atoms with E-state index in [9.17, 15) is 13.2 Å². The molecule has 0 fully saturated rings. The predicted molar refractivity (Wildman–Crippen MR) is 55.5 cm³/mol. The standard InChI is InChI=1S/C8H11N3O4S/c1-3-15-7(12)6-5(9)4-10-8(11-6)16(2,13)14/h4H,3,9H2,1-2H3. The molecule has 1 aromatic heterocycles. The summed E-state index contributed by atoms with van der Waals surface area (Å²) in [6.45, 7) is 1.77. The number of carbonyl (C=O) groups is 1. The molecule has 0 saturated heterocycles. The Morgan fingerprint density at radius 1 is 1.56 bits per heavy atom. The second-order valence-electron chi connectivity index (χ2n) is 2.95. The minimum absolute atomic E-state index is 0.0224. The van der Waals surface area contributed by atoms with Crippen LogP contribution in [0.2, 0.25) is 0 Å². The van der Waals surface area contributed by atoms with Gasteiger partial charge in [-0.05, 0) is 6.92 Å². The Morgan fingerprint density at radius 2 is 2.19 bits per heavy atom. The van der Waals surface area contributed by atoms with Crippen molar-refractivity contribution in [3.05, 3.63) is 11.9 Å². The van der Waals surface area contributed by atoms with Crippen LogP contribution in [-0.4, -0.2) is 37.2 Å². The number of esters is 1. The quantitative estimate of drug-likeness (QED) is 0.571. The van der Waals surface area contributed by atoms with E-state index in [4.69, 9.17) is 5.73 Å². The largest absolute Gasteiger partial charge is 0.461 e. The lowest BCUT2D eigenvalue weighted by Gasteiger charge is -2.04. The number of nitrogen functional groups attached to an aromatic ring is 1. The third kappa shape index (κ3) is 2.66. The first kappa shape index (κ1) is 12.4. The summed E-state index contributed by atoms with van der Waals surface area (Å²) in [6.07, 6.45) is 2.00. The molecule has 0 atom stereocenters. The van der Waals surface area contributed by atoms with Crippen LogP contribution in [0.4, 0.5) is 5.69 Å². The van der Waals surface area contributed by atoms with Crippen LogP contribution in [0.1, 0.15) is 17.4 Å². The fourth-order valence-corrected chi connectivity index (χ4v) is 1.42. The molecule has 0 radical (unpaired) electrons. The van der Waals surface area contributed by atoms with Gasteiger partial charge >= 0.3 is 5.97 Å². The van der Waals surface area contributed by atoms with E-state index in [0.29, 0.717) is 0 Å². The molecule has 1 rings (SSSR count). The maximum atomic E-state index is 11.4. The first-order valence-electron chi connectivity index (χ1n) is 4.36. The van der Waals surface area contributed by atoms with Crippen molar-refractivity contribution in [3.8, 4) is 0 Å². The van der Waals surface area contributed by atoms with Crippen molar-refractivity contribution in [2.24, 2.45) is 0 Å². The molecule has 0 unspecified atom stereocenters. The molecular formula is C8H11N3O4S. The Balaban J connectivity index is 3.24. The van der Waals surface area contributed by atoms with Gasteiger partial charge in [0.1, 0.15) is 0 Å². The SMILES string of the molecule is CCOC(=O)c1nc(S(C)(=O)=O)ncc1N. The van der Waals surface area contributed by atoms with Gasteiger partial charge in [0.05, 0.1) is 18.5 Å². The number of anilines is 1. The van der Waals surface area contributed by atoms with Crippen molar-refractivity contribution < 1.29 is 17.9 Å². The molecule has 1 heterocycles. The molecule has 0 saturated carbocycles. The van der Waals surface area contributed by atoms with Gasteiger partial charge in [-0.3, -0.25) is 0 Å². The van der Waals surface area contributed by atoms with Gasteiger partial charge in [-0.15, -0.1) is 0 Å². The third-order valence-corrected chi connectivity index (χ3v) is 2.46. The highest BCUT2D eigenvalue weighted by Crippen LogP contribution is 2.11. The van der Waals surface area contributed by atoms with E-state index in [2.05, 4.69) is 14.7 Å². The van der Waals surface area contributed by atoms with E-state index in [-0.39, 0.29) is 18.0 Å².